The summed E-state index contributed by atoms with van der Waals surface area (Å²) < 4.78 is 5.43. The van der Waals surface area contributed by atoms with E-state index in [4.69, 9.17) is 4.74 Å². The number of ether oxygens (including phenoxy) is 1. The molecular formula is C45H62N6O7. The van der Waals surface area contributed by atoms with Crippen LogP contribution in [0.1, 0.15) is 78.4 Å². The minimum atomic E-state index is -1.08. The largest absolute Gasteiger partial charge is 0.444 e. The maximum absolute atomic E-state index is 14.9. The number of amides is 6. The molecule has 0 aliphatic heterocycles. The molecule has 3 aromatic carbocycles. The number of likely N-dealkylation sites (N-methyl/N-ethyl adjacent to an activating group) is 3. The molecule has 0 saturated carbocycles. The van der Waals surface area contributed by atoms with Crippen molar-refractivity contribution in [3.05, 3.63) is 96.1 Å². The van der Waals surface area contributed by atoms with E-state index < -0.39 is 53.1 Å². The number of carbonyl (C=O) groups is 6. The Kier molecular flexibility index (Phi) is 17.0. The average Bonchev–Trinajstić information content (AvgIpc) is 3.15. The highest BCUT2D eigenvalue weighted by atomic mass is 16.6. The second-order valence-corrected chi connectivity index (χ2v) is 16.4. The van der Waals surface area contributed by atoms with Gasteiger partial charge >= 0.3 is 6.09 Å². The lowest BCUT2D eigenvalue weighted by Gasteiger charge is -2.36. The standard InChI is InChI=1S/C45H62N6O7/c1-30(29-45(6,7)49-43(57)58-44(3,4)5)41(55)51(10)38(28-33-23-24-34-20-14-15-21-35(34)26-33)42(56)50(9)37(27-32-18-12-11-13-19-32)40(54)48-36(39(53)46-8)22-16-17-25-47-31(2)52/h11-15,18-21,23-24,26,36-38H,1,16-17,22,25,27-29H2,2-10H3,(H,46,53)(H,47,52)(H,48,54)(H,49,57)/t36?,37-,38-/m1/s1. The van der Waals surface area contributed by atoms with Gasteiger partial charge in [0.25, 0.3) is 0 Å². The summed E-state index contributed by atoms with van der Waals surface area (Å²) in [5, 5.41) is 13.0. The molecule has 0 radical (unpaired) electrons. The van der Waals surface area contributed by atoms with Crippen molar-refractivity contribution < 1.29 is 33.5 Å². The Morgan fingerprint density at radius 1 is 0.759 bits per heavy atom. The molecular weight excluding hydrogens is 737 g/mol. The van der Waals surface area contributed by atoms with Crippen molar-refractivity contribution in [2.24, 2.45) is 0 Å². The fourth-order valence-electron chi connectivity index (χ4n) is 6.68. The van der Waals surface area contributed by atoms with Gasteiger partial charge in [-0.15, -0.1) is 0 Å². The number of nitrogens with zero attached hydrogens (tertiary/aromatic N) is 2. The molecule has 0 aliphatic rings. The predicted octanol–water partition coefficient (Wildman–Crippen LogP) is 5.07. The molecule has 13 heteroatoms. The Bertz CT molecular complexity index is 1920. The zero-order valence-corrected chi connectivity index (χ0v) is 35.6. The molecule has 0 fully saturated rings. The number of hydrogen-bond donors (Lipinski definition) is 4. The van der Waals surface area contributed by atoms with Gasteiger partial charge in [0.2, 0.25) is 29.5 Å². The van der Waals surface area contributed by atoms with Gasteiger partial charge in [-0.2, -0.15) is 0 Å². The molecule has 1 unspecified atom stereocenters. The van der Waals surface area contributed by atoms with E-state index in [1.807, 2.05) is 72.8 Å². The quantitative estimate of drug-likeness (QED) is 0.0972. The smallest absolute Gasteiger partial charge is 0.408 e. The molecule has 314 valence electrons. The van der Waals surface area contributed by atoms with E-state index in [9.17, 15) is 28.8 Å². The molecule has 4 N–H and O–H groups in total. The zero-order valence-electron chi connectivity index (χ0n) is 35.6. The van der Waals surface area contributed by atoms with Crippen LogP contribution in [0.3, 0.4) is 0 Å². The third-order valence-electron chi connectivity index (χ3n) is 9.68. The third kappa shape index (κ3) is 14.7. The van der Waals surface area contributed by atoms with Crippen LogP contribution in [0.15, 0.2) is 84.9 Å². The SMILES string of the molecule is C=C(CC(C)(C)NC(=O)OC(C)(C)C)C(=O)N(C)[C@H](Cc1ccc2ccccc2c1)C(=O)N(C)[C@H](Cc1ccccc1)C(=O)NC(CCCCNC(C)=O)C(=O)NC. The molecule has 0 bridgehead atoms. The van der Waals surface area contributed by atoms with Crippen molar-refractivity contribution in [3.63, 3.8) is 0 Å². The van der Waals surface area contributed by atoms with Crippen molar-refractivity contribution in [2.45, 2.75) is 109 Å². The van der Waals surface area contributed by atoms with Crippen molar-refractivity contribution in [2.75, 3.05) is 27.7 Å². The number of rotatable bonds is 19. The molecule has 3 rings (SSSR count). The Labute approximate surface area is 343 Å². The molecule has 13 nitrogen and oxygen atoms in total. The van der Waals surface area contributed by atoms with Gasteiger partial charge in [-0.3, -0.25) is 24.0 Å². The van der Waals surface area contributed by atoms with Crippen LogP contribution in [0.4, 0.5) is 4.79 Å². The molecule has 0 saturated heterocycles. The summed E-state index contributed by atoms with van der Waals surface area (Å²) in [6, 6.07) is 19.9. The van der Waals surface area contributed by atoms with Crippen LogP contribution in [-0.2, 0) is 41.6 Å². The van der Waals surface area contributed by atoms with Crippen LogP contribution in [0, 0.1) is 0 Å². The Balaban J connectivity index is 1.97. The van der Waals surface area contributed by atoms with Crippen molar-refractivity contribution in [3.8, 4) is 0 Å². The number of benzene rings is 3. The van der Waals surface area contributed by atoms with E-state index in [2.05, 4.69) is 27.8 Å². The van der Waals surface area contributed by atoms with Crippen LogP contribution in [0.25, 0.3) is 10.8 Å². The van der Waals surface area contributed by atoms with E-state index in [-0.39, 0.29) is 36.6 Å². The summed E-state index contributed by atoms with van der Waals surface area (Å²) in [5.41, 5.74) is 0.105. The number of fused-ring (bicyclic) bond motifs is 1. The second kappa shape index (κ2) is 21.2. The Morgan fingerprint density at radius 2 is 1.38 bits per heavy atom. The van der Waals surface area contributed by atoms with Crippen LogP contribution in [0.2, 0.25) is 0 Å². The fourth-order valence-corrected chi connectivity index (χ4v) is 6.68. The summed E-state index contributed by atoms with van der Waals surface area (Å²) >= 11 is 0. The first-order chi connectivity index (χ1) is 27.2. The summed E-state index contributed by atoms with van der Waals surface area (Å²) in [4.78, 5) is 83.0. The first-order valence-corrected chi connectivity index (χ1v) is 19.7. The van der Waals surface area contributed by atoms with Gasteiger partial charge in [0, 0.05) is 58.6 Å². The van der Waals surface area contributed by atoms with Gasteiger partial charge in [-0.05, 0) is 82.2 Å². The second-order valence-electron chi connectivity index (χ2n) is 16.4. The Hall–Kier alpha value is -5.72. The molecule has 58 heavy (non-hydrogen) atoms. The van der Waals surface area contributed by atoms with Gasteiger partial charge in [0.15, 0.2) is 0 Å². The molecule has 3 aromatic rings. The zero-order chi connectivity index (χ0) is 43.2. The van der Waals surface area contributed by atoms with E-state index in [1.165, 1.54) is 37.9 Å². The van der Waals surface area contributed by atoms with Gasteiger partial charge in [-0.25, -0.2) is 4.79 Å². The van der Waals surface area contributed by atoms with Crippen molar-refractivity contribution in [1.82, 2.24) is 31.1 Å². The lowest BCUT2D eigenvalue weighted by molar-refractivity contribution is -0.146. The van der Waals surface area contributed by atoms with Crippen molar-refractivity contribution >= 4 is 46.4 Å². The van der Waals surface area contributed by atoms with Crippen LogP contribution in [0.5, 0.6) is 0 Å². The third-order valence-corrected chi connectivity index (χ3v) is 9.68. The van der Waals surface area contributed by atoms with Crippen LogP contribution in [-0.4, -0.2) is 102 Å². The fraction of sp³-hybridized carbons (Fsp3) is 0.467. The van der Waals surface area contributed by atoms with Crippen LogP contribution < -0.4 is 21.3 Å². The molecule has 0 aromatic heterocycles. The number of unbranched alkanes of at least 4 members (excludes halogenated alkanes) is 1. The predicted molar refractivity (Wildman–Crippen MR) is 227 cm³/mol. The van der Waals surface area contributed by atoms with Crippen molar-refractivity contribution in [1.29, 1.82) is 0 Å². The van der Waals surface area contributed by atoms with Gasteiger partial charge < -0.3 is 35.8 Å². The lowest BCUT2D eigenvalue weighted by Crippen LogP contribution is -2.58. The van der Waals surface area contributed by atoms with Gasteiger partial charge in [0.05, 0.1) is 0 Å². The monoisotopic (exact) mass is 798 g/mol. The van der Waals surface area contributed by atoms with E-state index in [0.717, 1.165) is 21.9 Å². The number of carbonyl (C=O) groups excluding carboxylic acids is 6. The maximum Gasteiger partial charge on any atom is 0.408 e. The number of alkyl carbamates (subject to hydrolysis) is 1. The average molecular weight is 799 g/mol. The summed E-state index contributed by atoms with van der Waals surface area (Å²) in [6.45, 7) is 14.7. The molecule has 3 atom stereocenters. The minimum absolute atomic E-state index is 0.0624. The first-order valence-electron chi connectivity index (χ1n) is 19.7. The highest BCUT2D eigenvalue weighted by Crippen LogP contribution is 2.23. The highest BCUT2D eigenvalue weighted by Gasteiger charge is 2.37. The first kappa shape index (κ1) is 46.7. The molecule has 0 heterocycles. The Morgan fingerprint density at radius 3 is 2.00 bits per heavy atom. The topological polar surface area (TPSA) is 166 Å². The van der Waals surface area contributed by atoms with Crippen LogP contribution >= 0.6 is 0 Å². The number of nitrogens with one attached hydrogen (secondary N) is 4. The summed E-state index contributed by atoms with van der Waals surface area (Å²) in [6.07, 6.45) is 1.14. The normalized spacial score (nSPS) is 13.0. The van der Waals surface area contributed by atoms with Gasteiger partial charge in [-0.1, -0.05) is 79.4 Å². The summed E-state index contributed by atoms with van der Waals surface area (Å²) in [5.74, 6) is -2.07. The molecule has 0 spiro atoms. The maximum atomic E-state index is 14.9. The number of hydrogen-bond acceptors (Lipinski definition) is 7. The van der Waals surface area contributed by atoms with E-state index >= 15 is 0 Å². The van der Waals surface area contributed by atoms with E-state index in [1.54, 1.807) is 34.6 Å². The highest BCUT2D eigenvalue weighted by molar-refractivity contribution is 5.98. The lowest BCUT2D eigenvalue weighted by atomic mass is 9.94. The minimum Gasteiger partial charge on any atom is -0.444 e. The summed E-state index contributed by atoms with van der Waals surface area (Å²) in [7, 11) is 4.56. The van der Waals surface area contributed by atoms with Gasteiger partial charge in [0.1, 0.15) is 23.7 Å². The molecule has 0 aliphatic carbocycles. The van der Waals surface area contributed by atoms with E-state index in [0.29, 0.717) is 25.8 Å². The molecule has 6 amide bonds.